The largest absolute Gasteiger partial charge is 0.463 e. The average molecular weight is 410 g/mol. The van der Waals surface area contributed by atoms with Crippen LogP contribution in [0.1, 0.15) is 35.5 Å². The zero-order chi connectivity index (χ0) is 21.0. The molecule has 0 fully saturated rings. The van der Waals surface area contributed by atoms with Crippen molar-refractivity contribution in [1.82, 2.24) is 9.97 Å². The number of amidine groups is 1. The van der Waals surface area contributed by atoms with Gasteiger partial charge in [0, 0.05) is 12.0 Å². The van der Waals surface area contributed by atoms with E-state index in [-0.39, 0.29) is 30.4 Å². The quantitative estimate of drug-likeness (QED) is 0.581. The molecule has 1 aromatic carbocycles. The summed E-state index contributed by atoms with van der Waals surface area (Å²) in [6, 6.07) is 4.54. The second-order valence-corrected chi connectivity index (χ2v) is 7.87. The van der Waals surface area contributed by atoms with Gasteiger partial charge in [-0.25, -0.2) is 19.4 Å². The molecule has 0 saturated heterocycles. The maximum absolute atomic E-state index is 14.6. The SMILES string of the molecule is C#CCOc1cnc(C(=O)Cc2ccc(F)c(C3(C)C=C(C)SC(N)=N3)c2)cn1. The number of hydrogen-bond donors (Lipinski definition) is 1. The lowest BCUT2D eigenvalue weighted by atomic mass is 9.89. The lowest BCUT2D eigenvalue weighted by Crippen LogP contribution is -2.26. The number of nitrogens with zero attached hydrogens (tertiary/aromatic N) is 3. The minimum Gasteiger partial charge on any atom is -0.463 e. The first-order valence-corrected chi connectivity index (χ1v) is 9.55. The van der Waals surface area contributed by atoms with E-state index in [2.05, 4.69) is 20.9 Å². The molecule has 0 amide bonds. The second kappa shape index (κ2) is 8.45. The fourth-order valence-electron chi connectivity index (χ4n) is 3.01. The van der Waals surface area contributed by atoms with Crippen LogP contribution in [0.25, 0.3) is 0 Å². The van der Waals surface area contributed by atoms with Crippen LogP contribution in [0.4, 0.5) is 4.39 Å². The van der Waals surface area contributed by atoms with Gasteiger partial charge >= 0.3 is 0 Å². The van der Waals surface area contributed by atoms with E-state index in [1.165, 1.54) is 30.2 Å². The summed E-state index contributed by atoms with van der Waals surface area (Å²) in [4.78, 5) is 26.0. The van der Waals surface area contributed by atoms with E-state index in [4.69, 9.17) is 16.9 Å². The van der Waals surface area contributed by atoms with Gasteiger partial charge in [-0.15, -0.1) is 6.42 Å². The molecule has 0 radical (unpaired) electrons. The highest BCUT2D eigenvalue weighted by Crippen LogP contribution is 2.37. The number of aliphatic imine (C=N–C) groups is 1. The van der Waals surface area contributed by atoms with E-state index in [1.807, 2.05) is 13.0 Å². The molecule has 0 bridgehead atoms. The van der Waals surface area contributed by atoms with Crippen LogP contribution in [0.2, 0.25) is 0 Å². The molecule has 1 atom stereocenters. The average Bonchev–Trinajstić information content (AvgIpc) is 2.67. The molecule has 148 valence electrons. The second-order valence-electron chi connectivity index (χ2n) is 6.60. The topological polar surface area (TPSA) is 90.5 Å². The summed E-state index contributed by atoms with van der Waals surface area (Å²) in [5.41, 5.74) is 6.13. The van der Waals surface area contributed by atoms with Gasteiger partial charge in [0.25, 0.3) is 0 Å². The number of halogens is 1. The summed E-state index contributed by atoms with van der Waals surface area (Å²) in [5.74, 6) is 1.90. The smallest absolute Gasteiger partial charge is 0.233 e. The normalized spacial score (nSPS) is 18.4. The van der Waals surface area contributed by atoms with Crippen molar-refractivity contribution in [3.63, 3.8) is 0 Å². The Kier molecular flexibility index (Phi) is 5.99. The highest BCUT2D eigenvalue weighted by molar-refractivity contribution is 8.17. The first-order chi connectivity index (χ1) is 13.8. The number of allylic oxidation sites excluding steroid dienone is 1. The van der Waals surface area contributed by atoms with Crippen molar-refractivity contribution in [2.45, 2.75) is 25.8 Å². The Hall–Kier alpha value is -3.18. The van der Waals surface area contributed by atoms with Crippen LogP contribution in [0, 0.1) is 18.2 Å². The van der Waals surface area contributed by atoms with Crippen molar-refractivity contribution in [3.05, 3.63) is 64.2 Å². The van der Waals surface area contributed by atoms with Gasteiger partial charge in [0.15, 0.2) is 17.6 Å². The van der Waals surface area contributed by atoms with Crippen molar-refractivity contribution < 1.29 is 13.9 Å². The number of aromatic nitrogens is 2. The van der Waals surface area contributed by atoms with Crippen molar-refractivity contribution in [3.8, 4) is 18.2 Å². The summed E-state index contributed by atoms with van der Waals surface area (Å²) in [5, 5.41) is 0.371. The van der Waals surface area contributed by atoms with Crippen LogP contribution < -0.4 is 10.5 Å². The number of Topliss-reactive ketones (excluding diaryl/α,β-unsaturated/α-hetero) is 1. The maximum Gasteiger partial charge on any atom is 0.233 e. The van der Waals surface area contributed by atoms with Crippen LogP contribution in [0.3, 0.4) is 0 Å². The minimum atomic E-state index is -0.932. The molecule has 2 N–H and O–H groups in total. The molecular formula is C21H19FN4O2S. The predicted molar refractivity (Wildman–Crippen MR) is 111 cm³/mol. The molecular weight excluding hydrogens is 391 g/mol. The number of ether oxygens (including phenoxy) is 1. The monoisotopic (exact) mass is 410 g/mol. The highest BCUT2D eigenvalue weighted by Gasteiger charge is 2.30. The van der Waals surface area contributed by atoms with Gasteiger partial charge in [-0.05, 0) is 42.5 Å². The molecule has 1 aliphatic rings. The summed E-state index contributed by atoms with van der Waals surface area (Å²) < 4.78 is 19.7. The number of benzene rings is 1. The molecule has 1 aliphatic heterocycles. The Bertz CT molecular complexity index is 1020. The van der Waals surface area contributed by atoms with E-state index in [1.54, 1.807) is 19.1 Å². The molecule has 3 rings (SSSR count). The minimum absolute atomic E-state index is 0.0409. The lowest BCUT2D eigenvalue weighted by molar-refractivity contribution is 0.0987. The first kappa shape index (κ1) is 20.6. The van der Waals surface area contributed by atoms with Crippen LogP contribution in [-0.2, 0) is 12.0 Å². The third-order valence-electron chi connectivity index (χ3n) is 4.25. The Morgan fingerprint density at radius 2 is 2.17 bits per heavy atom. The van der Waals surface area contributed by atoms with Crippen molar-refractivity contribution in [2.24, 2.45) is 10.7 Å². The Labute approximate surface area is 172 Å². The van der Waals surface area contributed by atoms with E-state index in [0.29, 0.717) is 16.3 Å². The number of carbonyl (C=O) groups is 1. The molecule has 1 aromatic heterocycles. The Balaban J connectivity index is 1.82. The lowest BCUT2D eigenvalue weighted by Gasteiger charge is -2.27. The van der Waals surface area contributed by atoms with E-state index in [0.717, 1.165) is 4.91 Å². The van der Waals surface area contributed by atoms with E-state index >= 15 is 0 Å². The maximum atomic E-state index is 14.6. The third-order valence-corrected chi connectivity index (χ3v) is 4.99. The van der Waals surface area contributed by atoms with Crippen molar-refractivity contribution in [2.75, 3.05) is 6.61 Å². The van der Waals surface area contributed by atoms with Gasteiger partial charge in [-0.1, -0.05) is 23.7 Å². The van der Waals surface area contributed by atoms with E-state index < -0.39 is 11.4 Å². The number of rotatable bonds is 6. The predicted octanol–water partition coefficient (Wildman–Crippen LogP) is 3.23. The molecule has 0 spiro atoms. The van der Waals surface area contributed by atoms with E-state index in [9.17, 15) is 9.18 Å². The molecule has 2 heterocycles. The molecule has 0 aliphatic carbocycles. The fourth-order valence-corrected chi connectivity index (χ4v) is 3.86. The highest BCUT2D eigenvalue weighted by atomic mass is 32.2. The zero-order valence-electron chi connectivity index (χ0n) is 16.0. The molecule has 1 unspecified atom stereocenters. The number of carbonyl (C=O) groups excluding carboxylic acids is 1. The summed E-state index contributed by atoms with van der Waals surface area (Å²) in [7, 11) is 0. The van der Waals surface area contributed by atoms with Crippen molar-refractivity contribution in [1.29, 1.82) is 0 Å². The number of hydrogen-bond acceptors (Lipinski definition) is 7. The standard InChI is InChI=1S/C21H19FN4O2S/c1-4-7-28-19-12-24-17(11-25-19)18(27)9-14-5-6-16(22)15(8-14)21(3)10-13(2)29-20(23)26-21/h1,5-6,8,10-12H,7,9H2,2-3H3,(H2,23,26). The summed E-state index contributed by atoms with van der Waals surface area (Å²) in [6.07, 6.45) is 9.69. The summed E-state index contributed by atoms with van der Waals surface area (Å²) >= 11 is 1.34. The van der Waals surface area contributed by atoms with Gasteiger partial charge in [0.2, 0.25) is 5.88 Å². The molecule has 6 nitrogen and oxygen atoms in total. The fraction of sp³-hybridized carbons (Fsp3) is 0.238. The van der Waals surface area contributed by atoms with Gasteiger partial charge in [0.1, 0.15) is 17.1 Å². The van der Waals surface area contributed by atoms with Crippen LogP contribution >= 0.6 is 11.8 Å². The Morgan fingerprint density at radius 1 is 1.38 bits per heavy atom. The molecule has 2 aromatic rings. The van der Waals surface area contributed by atoms with Crippen LogP contribution in [0.15, 0.2) is 46.6 Å². The first-order valence-electron chi connectivity index (χ1n) is 8.74. The van der Waals surface area contributed by atoms with Gasteiger partial charge in [-0.2, -0.15) is 0 Å². The van der Waals surface area contributed by atoms with Crippen LogP contribution in [0.5, 0.6) is 5.88 Å². The molecule has 0 saturated carbocycles. The van der Waals surface area contributed by atoms with Gasteiger partial charge < -0.3 is 10.5 Å². The Morgan fingerprint density at radius 3 is 2.83 bits per heavy atom. The van der Waals surface area contributed by atoms with Crippen LogP contribution in [-0.4, -0.2) is 27.5 Å². The van der Waals surface area contributed by atoms with Crippen molar-refractivity contribution >= 4 is 22.7 Å². The molecule has 8 heteroatoms. The zero-order valence-corrected chi connectivity index (χ0v) is 16.8. The number of nitrogens with two attached hydrogens (primary N) is 1. The van der Waals surface area contributed by atoms with Gasteiger partial charge in [-0.3, -0.25) is 4.79 Å². The molecule has 29 heavy (non-hydrogen) atoms. The number of ketones is 1. The van der Waals surface area contributed by atoms with Gasteiger partial charge in [0.05, 0.1) is 12.4 Å². The summed E-state index contributed by atoms with van der Waals surface area (Å²) in [6.45, 7) is 3.75. The third kappa shape index (κ3) is 4.81. The number of thioether (sulfide) groups is 1. The number of terminal acetylenes is 1.